The van der Waals surface area contributed by atoms with Crippen LogP contribution in [-0.4, -0.2) is 45.7 Å². The minimum atomic E-state index is -0.967. The second-order valence-electron chi connectivity index (χ2n) is 7.60. The van der Waals surface area contributed by atoms with Gasteiger partial charge in [0.2, 0.25) is 0 Å². The van der Waals surface area contributed by atoms with Crippen LogP contribution >= 0.6 is 0 Å². The maximum absolute atomic E-state index is 11.6. The van der Waals surface area contributed by atoms with Crippen molar-refractivity contribution in [3.63, 3.8) is 0 Å². The Hall–Kier alpha value is -1.17. The molecule has 25 heavy (non-hydrogen) atoms. The first-order valence-electron chi connectivity index (χ1n) is 9.47. The van der Waals surface area contributed by atoms with E-state index < -0.39 is 17.8 Å². The van der Waals surface area contributed by atoms with Crippen molar-refractivity contribution in [2.24, 2.45) is 11.8 Å². The molecule has 0 spiro atoms. The Morgan fingerprint density at radius 1 is 1.16 bits per heavy atom. The molecular weight excluding hydrogens is 320 g/mol. The Balaban J connectivity index is 2.06. The van der Waals surface area contributed by atoms with E-state index in [1.54, 1.807) is 13.0 Å². The quantitative estimate of drug-likeness (QED) is 0.461. The predicted octanol–water partition coefficient (Wildman–Crippen LogP) is 2.50. The summed E-state index contributed by atoms with van der Waals surface area (Å²) < 4.78 is 5.20. The fourth-order valence-electron chi connectivity index (χ4n) is 3.69. The highest BCUT2D eigenvalue weighted by Gasteiger charge is 2.39. The molecule has 142 valence electrons. The van der Waals surface area contributed by atoms with E-state index in [0.29, 0.717) is 32.3 Å². The van der Waals surface area contributed by atoms with Crippen LogP contribution in [0, 0.1) is 11.8 Å². The number of esters is 1. The number of ether oxygens (including phenoxy) is 1. The number of hydrogen-bond donors (Lipinski definition) is 3. The van der Waals surface area contributed by atoms with Crippen LogP contribution in [0.4, 0.5) is 0 Å². The van der Waals surface area contributed by atoms with Crippen LogP contribution in [0.25, 0.3) is 0 Å². The largest absolute Gasteiger partial charge is 0.466 e. The Morgan fingerprint density at radius 2 is 1.96 bits per heavy atom. The zero-order chi connectivity index (χ0) is 18.3. The average molecular weight is 352 g/mol. The molecule has 0 radical (unpaired) electrons. The van der Waals surface area contributed by atoms with Crippen molar-refractivity contribution in [2.45, 2.75) is 76.1 Å². The summed E-state index contributed by atoms with van der Waals surface area (Å²) in [7, 11) is 0. The van der Waals surface area contributed by atoms with Crippen LogP contribution in [0.5, 0.6) is 0 Å². The van der Waals surface area contributed by atoms with Crippen LogP contribution in [0.1, 0.15) is 58.3 Å². The molecule has 1 saturated carbocycles. The highest BCUT2D eigenvalue weighted by molar-refractivity contribution is 5.69. The molecule has 0 amide bonds. The molecular formula is C20H32O5. The first kappa shape index (κ1) is 20.1. The molecule has 0 aromatic carbocycles. The van der Waals surface area contributed by atoms with Crippen LogP contribution in [0.3, 0.4) is 0 Å². The third kappa shape index (κ3) is 6.57. The van der Waals surface area contributed by atoms with Gasteiger partial charge in [-0.25, -0.2) is 0 Å². The van der Waals surface area contributed by atoms with Crippen molar-refractivity contribution < 1.29 is 24.9 Å². The molecule has 0 aromatic heterocycles. The van der Waals surface area contributed by atoms with E-state index in [-0.39, 0.29) is 17.8 Å². The molecule has 5 nitrogen and oxygen atoms in total. The average Bonchev–Trinajstić information content (AvgIpc) is 2.81. The number of aliphatic hydroxyl groups is 3. The van der Waals surface area contributed by atoms with Gasteiger partial charge in [0.15, 0.2) is 0 Å². The summed E-state index contributed by atoms with van der Waals surface area (Å²) in [5.74, 6) is -0.357. The summed E-state index contributed by atoms with van der Waals surface area (Å²) in [4.78, 5) is 11.6. The number of cyclic esters (lactones) is 1. The predicted molar refractivity (Wildman–Crippen MR) is 95.8 cm³/mol. The molecule has 1 aliphatic heterocycles. The van der Waals surface area contributed by atoms with Crippen molar-refractivity contribution in [3.8, 4) is 0 Å². The first-order chi connectivity index (χ1) is 11.9. The highest BCUT2D eigenvalue weighted by Crippen LogP contribution is 2.37. The lowest BCUT2D eigenvalue weighted by atomic mass is 9.88. The van der Waals surface area contributed by atoms with Crippen molar-refractivity contribution in [1.82, 2.24) is 0 Å². The Bertz CT molecular complexity index is 482. The third-order valence-corrected chi connectivity index (χ3v) is 5.26. The smallest absolute Gasteiger partial charge is 0.305 e. The van der Waals surface area contributed by atoms with Gasteiger partial charge >= 0.3 is 5.97 Å². The van der Waals surface area contributed by atoms with E-state index in [9.17, 15) is 20.1 Å². The van der Waals surface area contributed by atoms with Crippen LogP contribution < -0.4 is 0 Å². The van der Waals surface area contributed by atoms with Crippen LogP contribution in [0.15, 0.2) is 24.3 Å². The van der Waals surface area contributed by atoms with Gasteiger partial charge in [-0.15, -0.1) is 0 Å². The summed E-state index contributed by atoms with van der Waals surface area (Å²) in [6.45, 7) is 2.14. The fraction of sp³-hybridized carbons (Fsp3) is 0.750. The Labute approximate surface area is 150 Å². The molecule has 0 saturated heterocycles. The standard InChI is InChI=1S/C20H32O5/c1-20(24)11-6-7-13-25-19(23)9-5-3-2-4-8-15-16(10-12-20)18(22)14-17(15)21/h2,4,10,12,15-18,21-22,24H,3,5-9,11,13-14H2,1H3/b4-2-,12-10+/t15-,16-,17+,18-,20+/m1/s1. The van der Waals surface area contributed by atoms with E-state index in [4.69, 9.17) is 4.74 Å². The first-order valence-corrected chi connectivity index (χ1v) is 9.47. The summed E-state index contributed by atoms with van der Waals surface area (Å²) in [6, 6.07) is 0. The summed E-state index contributed by atoms with van der Waals surface area (Å²) in [6.07, 6.45) is 11.6. The SMILES string of the molecule is C[C@@]1(O)/C=C/[C@@H]2[C@@H](C/C=C\CCCC(=O)OCCCC1)[C@@H](O)C[C@H]2O. The van der Waals surface area contributed by atoms with E-state index in [2.05, 4.69) is 0 Å². The lowest BCUT2D eigenvalue weighted by Crippen LogP contribution is -2.24. The summed E-state index contributed by atoms with van der Waals surface area (Å²) in [5.41, 5.74) is -0.967. The fourth-order valence-corrected chi connectivity index (χ4v) is 3.69. The van der Waals surface area contributed by atoms with Crippen molar-refractivity contribution in [1.29, 1.82) is 0 Å². The normalized spacial score (nSPS) is 41.4. The van der Waals surface area contributed by atoms with Gasteiger partial charge in [0.25, 0.3) is 0 Å². The number of allylic oxidation sites excluding steroid dienone is 2. The van der Waals surface area contributed by atoms with Gasteiger partial charge in [0, 0.05) is 18.8 Å². The Morgan fingerprint density at radius 3 is 2.76 bits per heavy atom. The van der Waals surface area contributed by atoms with Gasteiger partial charge in [0.1, 0.15) is 0 Å². The summed E-state index contributed by atoms with van der Waals surface area (Å²) >= 11 is 0. The molecule has 0 aromatic rings. The lowest BCUT2D eigenvalue weighted by Gasteiger charge is -2.23. The Kier molecular flexibility index (Phi) is 7.66. The van der Waals surface area contributed by atoms with Crippen molar-refractivity contribution >= 4 is 5.97 Å². The number of hydrogen-bond acceptors (Lipinski definition) is 5. The summed E-state index contributed by atoms with van der Waals surface area (Å²) in [5, 5.41) is 31.0. The number of aliphatic hydroxyl groups excluding tert-OH is 2. The van der Waals surface area contributed by atoms with Crippen molar-refractivity contribution in [2.75, 3.05) is 6.61 Å². The van der Waals surface area contributed by atoms with E-state index in [1.165, 1.54) is 0 Å². The molecule has 0 bridgehead atoms. The zero-order valence-electron chi connectivity index (χ0n) is 15.1. The maximum Gasteiger partial charge on any atom is 0.305 e. The van der Waals surface area contributed by atoms with Gasteiger partial charge in [-0.3, -0.25) is 4.79 Å². The second-order valence-corrected chi connectivity index (χ2v) is 7.60. The van der Waals surface area contributed by atoms with Gasteiger partial charge < -0.3 is 20.1 Å². The third-order valence-electron chi connectivity index (χ3n) is 5.26. The van der Waals surface area contributed by atoms with Gasteiger partial charge in [-0.05, 0) is 51.4 Å². The molecule has 3 N–H and O–H groups in total. The zero-order valence-corrected chi connectivity index (χ0v) is 15.1. The van der Waals surface area contributed by atoms with Crippen molar-refractivity contribution in [3.05, 3.63) is 24.3 Å². The number of rotatable bonds is 0. The second kappa shape index (κ2) is 9.51. The molecule has 1 aliphatic carbocycles. The van der Waals surface area contributed by atoms with E-state index in [1.807, 2.05) is 18.2 Å². The molecule has 5 atom stereocenters. The van der Waals surface area contributed by atoms with Gasteiger partial charge in [0.05, 0.1) is 24.4 Å². The molecule has 2 aliphatic rings. The number of carbonyl (C=O) groups is 1. The molecule has 0 unspecified atom stereocenters. The lowest BCUT2D eigenvalue weighted by molar-refractivity contribution is -0.143. The highest BCUT2D eigenvalue weighted by atomic mass is 16.5. The number of carbonyl (C=O) groups excluding carboxylic acids is 1. The maximum atomic E-state index is 11.6. The van der Waals surface area contributed by atoms with Crippen LogP contribution in [-0.2, 0) is 9.53 Å². The minimum absolute atomic E-state index is 0.0426. The minimum Gasteiger partial charge on any atom is -0.466 e. The molecule has 2 rings (SSSR count). The monoisotopic (exact) mass is 352 g/mol. The molecule has 1 heterocycles. The molecule has 1 fully saturated rings. The van der Waals surface area contributed by atoms with Crippen LogP contribution in [0.2, 0.25) is 0 Å². The topological polar surface area (TPSA) is 87.0 Å². The van der Waals surface area contributed by atoms with Gasteiger partial charge in [-0.2, -0.15) is 0 Å². The van der Waals surface area contributed by atoms with E-state index >= 15 is 0 Å². The molecule has 5 heteroatoms. The van der Waals surface area contributed by atoms with E-state index in [0.717, 1.165) is 25.7 Å². The number of fused-ring (bicyclic) bond motifs is 1. The van der Waals surface area contributed by atoms with Gasteiger partial charge in [-0.1, -0.05) is 24.3 Å².